The molecule has 1 saturated heterocycles. The van der Waals surface area contributed by atoms with Crippen LogP contribution in [-0.2, 0) is 15.8 Å². The van der Waals surface area contributed by atoms with Gasteiger partial charge >= 0.3 is 6.18 Å². The number of anilines is 1. The molecule has 3 rings (SSSR count). The van der Waals surface area contributed by atoms with Crippen molar-refractivity contribution in [2.45, 2.75) is 31.9 Å². The molecule has 1 aliphatic carbocycles. The van der Waals surface area contributed by atoms with Crippen LogP contribution in [0.2, 0.25) is 0 Å². The molecule has 1 atom stereocenters. The summed E-state index contributed by atoms with van der Waals surface area (Å²) in [5.74, 6) is 0.162. The van der Waals surface area contributed by atoms with Crippen molar-refractivity contribution in [3.05, 3.63) is 23.9 Å². The van der Waals surface area contributed by atoms with Gasteiger partial charge < -0.3 is 9.80 Å². The molecule has 2 fully saturated rings. The second-order valence-electron chi connectivity index (χ2n) is 6.54. The summed E-state index contributed by atoms with van der Waals surface area (Å²) in [6, 6.07) is 1.99. The highest BCUT2D eigenvalue weighted by Gasteiger charge is 2.33. The molecule has 1 saturated carbocycles. The van der Waals surface area contributed by atoms with Gasteiger partial charge in [-0.25, -0.2) is 4.98 Å². The lowest BCUT2D eigenvalue weighted by Crippen LogP contribution is -2.51. The summed E-state index contributed by atoms with van der Waals surface area (Å²) in [5.41, 5.74) is -0.725. The molecular weight excluding hydrogens is 335 g/mol. The molecule has 5 nitrogen and oxygen atoms in total. The predicted octanol–water partition coefficient (Wildman–Crippen LogP) is 2.51. The summed E-state index contributed by atoms with van der Waals surface area (Å²) >= 11 is 0. The first-order valence-electron chi connectivity index (χ1n) is 8.43. The predicted molar refractivity (Wildman–Crippen MR) is 85.0 cm³/mol. The molecule has 8 heteroatoms. The van der Waals surface area contributed by atoms with E-state index in [-0.39, 0.29) is 23.4 Å². The Morgan fingerprint density at radius 2 is 1.92 bits per heavy atom. The molecule has 2 aliphatic rings. The van der Waals surface area contributed by atoms with E-state index in [4.69, 9.17) is 0 Å². The minimum atomic E-state index is -4.40. The molecule has 0 radical (unpaired) electrons. The van der Waals surface area contributed by atoms with Gasteiger partial charge in [0.15, 0.2) is 0 Å². The maximum absolute atomic E-state index is 12.8. The number of Topliss-reactive ketones (excluding diaryl/α,β-unsaturated/α-hetero) is 1. The molecule has 136 valence electrons. The fourth-order valence-corrected chi connectivity index (χ4v) is 3.42. The number of hydrogen-bond acceptors (Lipinski definition) is 4. The van der Waals surface area contributed by atoms with Crippen LogP contribution in [0.3, 0.4) is 0 Å². The van der Waals surface area contributed by atoms with Gasteiger partial charge in [-0.2, -0.15) is 13.2 Å². The van der Waals surface area contributed by atoms with E-state index >= 15 is 0 Å². The topological polar surface area (TPSA) is 53.5 Å². The molecule has 0 bridgehead atoms. The molecular formula is C17H20F3N3O2. The first-order chi connectivity index (χ1) is 11.8. The van der Waals surface area contributed by atoms with Crippen LogP contribution in [0.5, 0.6) is 0 Å². The number of rotatable bonds is 2. The van der Waals surface area contributed by atoms with E-state index in [1.165, 1.54) is 0 Å². The first-order valence-corrected chi connectivity index (χ1v) is 8.43. The zero-order valence-electron chi connectivity index (χ0n) is 13.8. The minimum absolute atomic E-state index is 0.00954. The molecule has 1 aromatic heterocycles. The normalized spacial score (nSPS) is 22.2. The molecule has 2 heterocycles. The number of pyridine rings is 1. The lowest BCUT2D eigenvalue weighted by atomic mass is 9.87. The van der Waals surface area contributed by atoms with E-state index in [1.807, 2.05) is 0 Å². The Kier molecular flexibility index (Phi) is 4.96. The fourth-order valence-electron chi connectivity index (χ4n) is 3.42. The Morgan fingerprint density at radius 1 is 1.20 bits per heavy atom. The van der Waals surface area contributed by atoms with Crippen LogP contribution in [0.25, 0.3) is 0 Å². The molecule has 0 aromatic carbocycles. The quantitative estimate of drug-likeness (QED) is 0.818. The highest BCUT2D eigenvalue weighted by atomic mass is 19.4. The summed E-state index contributed by atoms with van der Waals surface area (Å²) in [6.07, 6.45) is -0.886. The Morgan fingerprint density at radius 3 is 2.56 bits per heavy atom. The monoisotopic (exact) mass is 355 g/mol. The Balaban J connectivity index is 1.60. The van der Waals surface area contributed by atoms with Crippen molar-refractivity contribution in [1.29, 1.82) is 0 Å². The van der Waals surface area contributed by atoms with E-state index in [9.17, 15) is 22.8 Å². The van der Waals surface area contributed by atoms with E-state index in [1.54, 1.807) is 9.80 Å². The van der Waals surface area contributed by atoms with Crippen molar-refractivity contribution in [2.24, 2.45) is 5.92 Å². The second-order valence-corrected chi connectivity index (χ2v) is 6.54. The van der Waals surface area contributed by atoms with Crippen LogP contribution in [0.1, 0.15) is 31.2 Å². The van der Waals surface area contributed by atoms with Crippen molar-refractivity contribution >= 4 is 17.5 Å². The van der Waals surface area contributed by atoms with Crippen LogP contribution in [0, 0.1) is 5.92 Å². The average Bonchev–Trinajstić information content (AvgIpc) is 2.61. The van der Waals surface area contributed by atoms with E-state index in [2.05, 4.69) is 4.98 Å². The molecule has 1 amide bonds. The van der Waals surface area contributed by atoms with Crippen molar-refractivity contribution < 1.29 is 22.8 Å². The number of halogens is 3. The number of aromatic nitrogens is 1. The first kappa shape index (κ1) is 17.7. The van der Waals surface area contributed by atoms with Crippen LogP contribution in [0.15, 0.2) is 18.3 Å². The van der Waals surface area contributed by atoms with Crippen LogP contribution < -0.4 is 4.90 Å². The van der Waals surface area contributed by atoms with Crippen molar-refractivity contribution in [1.82, 2.24) is 9.88 Å². The van der Waals surface area contributed by atoms with Crippen LogP contribution >= 0.6 is 0 Å². The Bertz CT molecular complexity index is 655. The molecule has 1 aliphatic heterocycles. The minimum Gasteiger partial charge on any atom is -0.353 e. The number of ketones is 1. The van der Waals surface area contributed by atoms with Crippen molar-refractivity contribution in [3.63, 3.8) is 0 Å². The molecule has 25 heavy (non-hydrogen) atoms. The number of carbonyl (C=O) groups is 2. The van der Waals surface area contributed by atoms with Crippen molar-refractivity contribution in [2.75, 3.05) is 31.1 Å². The number of amides is 1. The van der Waals surface area contributed by atoms with Crippen molar-refractivity contribution in [3.8, 4) is 0 Å². The number of hydrogen-bond donors (Lipinski definition) is 0. The SMILES string of the molecule is O=C1CCCC(C(=O)N2CCN(c3cc(C(F)(F)F)ccn3)CC2)C1. The van der Waals surface area contributed by atoms with Gasteiger partial charge in [-0.3, -0.25) is 9.59 Å². The second kappa shape index (κ2) is 7.01. The third-order valence-corrected chi connectivity index (χ3v) is 4.82. The molecule has 0 spiro atoms. The average molecular weight is 355 g/mol. The number of piperazine rings is 1. The molecule has 0 N–H and O–H groups in total. The van der Waals surface area contributed by atoms with E-state index in [0.717, 1.165) is 31.2 Å². The maximum Gasteiger partial charge on any atom is 0.416 e. The number of carbonyl (C=O) groups excluding carboxylic acids is 2. The molecule has 1 aromatic rings. The smallest absolute Gasteiger partial charge is 0.353 e. The Hall–Kier alpha value is -2.12. The highest BCUT2D eigenvalue weighted by Crippen LogP contribution is 2.31. The van der Waals surface area contributed by atoms with Gasteiger partial charge in [-0.1, -0.05) is 0 Å². The standard InChI is InChI=1S/C17H20F3N3O2/c18-17(19,20)13-4-5-21-15(11-13)22-6-8-23(9-7-22)16(25)12-2-1-3-14(24)10-12/h4-5,11-12H,1-3,6-10H2. The van der Waals surface area contributed by atoms with Crippen LogP contribution in [-0.4, -0.2) is 47.8 Å². The summed E-state index contributed by atoms with van der Waals surface area (Å²) in [4.78, 5) is 31.5. The van der Waals surface area contributed by atoms with Gasteiger partial charge in [0.05, 0.1) is 5.56 Å². The van der Waals surface area contributed by atoms with Gasteiger partial charge in [0.1, 0.15) is 11.6 Å². The lowest BCUT2D eigenvalue weighted by molar-refractivity contribution is -0.139. The van der Waals surface area contributed by atoms with Gasteiger partial charge in [-0.05, 0) is 25.0 Å². The largest absolute Gasteiger partial charge is 0.416 e. The summed E-state index contributed by atoms with van der Waals surface area (Å²) in [6.45, 7) is 1.73. The maximum atomic E-state index is 12.8. The zero-order valence-corrected chi connectivity index (χ0v) is 13.8. The fraction of sp³-hybridized carbons (Fsp3) is 0.588. The zero-order chi connectivity index (χ0) is 18.0. The Labute approximate surface area is 143 Å². The van der Waals surface area contributed by atoms with Crippen LogP contribution in [0.4, 0.5) is 19.0 Å². The van der Waals surface area contributed by atoms with Gasteiger partial charge in [0, 0.05) is 51.1 Å². The molecule has 1 unspecified atom stereocenters. The number of nitrogens with zero attached hydrogens (tertiary/aromatic N) is 3. The van der Waals surface area contributed by atoms with E-state index in [0.29, 0.717) is 39.0 Å². The third kappa shape index (κ3) is 4.11. The third-order valence-electron chi connectivity index (χ3n) is 4.82. The summed E-state index contributed by atoms with van der Waals surface area (Å²) in [5, 5.41) is 0. The highest BCUT2D eigenvalue weighted by molar-refractivity contribution is 5.88. The van der Waals surface area contributed by atoms with Gasteiger partial charge in [-0.15, -0.1) is 0 Å². The van der Waals surface area contributed by atoms with Gasteiger partial charge in [0.2, 0.25) is 5.91 Å². The number of alkyl halides is 3. The summed E-state index contributed by atoms with van der Waals surface area (Å²) < 4.78 is 38.4. The van der Waals surface area contributed by atoms with E-state index < -0.39 is 11.7 Å². The lowest BCUT2D eigenvalue weighted by Gasteiger charge is -2.37. The summed E-state index contributed by atoms with van der Waals surface area (Å²) in [7, 11) is 0. The van der Waals surface area contributed by atoms with Gasteiger partial charge in [0.25, 0.3) is 0 Å².